The topological polar surface area (TPSA) is 45.2 Å². The Kier molecular flexibility index (Phi) is 10.1. The highest BCUT2D eigenvalue weighted by molar-refractivity contribution is 7.17. The molecule has 0 unspecified atom stereocenters. The largest absolute Gasteiger partial charge is 0.338 e. The number of likely N-dealkylation sites (tertiary alicyclic amines) is 1. The zero-order valence-corrected chi connectivity index (χ0v) is 18.7. The number of thiazole rings is 1. The molecule has 0 spiro atoms. The Morgan fingerprint density at radius 1 is 1.26 bits per heavy atom. The number of hydrogen-bond acceptors (Lipinski definition) is 4. The van der Waals surface area contributed by atoms with E-state index in [1.54, 1.807) is 0 Å². The molecule has 4 nitrogen and oxygen atoms in total. The predicted molar refractivity (Wildman–Crippen MR) is 119 cm³/mol. The van der Waals surface area contributed by atoms with Gasteiger partial charge in [0, 0.05) is 23.7 Å². The molecule has 1 amide bonds. The van der Waals surface area contributed by atoms with Crippen molar-refractivity contribution >= 4 is 53.7 Å². The lowest BCUT2D eigenvalue weighted by molar-refractivity contribution is 0.0694. The van der Waals surface area contributed by atoms with E-state index in [9.17, 15) is 4.79 Å². The third-order valence-electron chi connectivity index (χ3n) is 4.67. The van der Waals surface area contributed by atoms with Crippen LogP contribution < -0.4 is 5.32 Å². The van der Waals surface area contributed by atoms with Crippen LogP contribution in [0.1, 0.15) is 35.1 Å². The van der Waals surface area contributed by atoms with E-state index in [1.165, 1.54) is 11.3 Å². The van der Waals surface area contributed by atoms with E-state index in [0.29, 0.717) is 10.9 Å². The number of amides is 1. The van der Waals surface area contributed by atoms with Gasteiger partial charge in [-0.05, 0) is 50.9 Å². The van der Waals surface area contributed by atoms with Gasteiger partial charge in [0.2, 0.25) is 0 Å². The van der Waals surface area contributed by atoms with Gasteiger partial charge < -0.3 is 10.2 Å². The first-order valence-corrected chi connectivity index (χ1v) is 10.0. The number of halogens is 3. The number of aromatic nitrogens is 1. The van der Waals surface area contributed by atoms with Gasteiger partial charge in [-0.15, -0.1) is 36.2 Å². The maximum Gasteiger partial charge on any atom is 0.265 e. The molecule has 1 fully saturated rings. The summed E-state index contributed by atoms with van der Waals surface area (Å²) in [5, 5.41) is 4.98. The summed E-state index contributed by atoms with van der Waals surface area (Å²) in [6, 6.07) is 7.59. The Morgan fingerprint density at radius 3 is 2.48 bits per heavy atom. The molecule has 1 N–H and O–H groups in total. The Hall–Kier alpha value is -0.850. The average Bonchev–Trinajstić information content (AvgIpc) is 3.02. The number of nitrogens with zero attached hydrogens (tertiary/aromatic N) is 2. The van der Waals surface area contributed by atoms with Crippen LogP contribution in [0.15, 0.2) is 24.3 Å². The van der Waals surface area contributed by atoms with Crippen molar-refractivity contribution in [3.05, 3.63) is 39.9 Å². The summed E-state index contributed by atoms with van der Waals surface area (Å²) in [4.78, 5) is 20.2. The molecule has 1 aliphatic heterocycles. The third-order valence-corrected chi connectivity index (χ3v) is 6.11. The van der Waals surface area contributed by atoms with E-state index in [2.05, 4.69) is 17.2 Å². The number of hydrogen-bond donors (Lipinski definition) is 1. The fraction of sp³-hybridized carbons (Fsp3) is 0.474. The molecule has 1 saturated heterocycles. The molecule has 1 aliphatic rings. The molecule has 3 rings (SSSR count). The number of carbonyl (C=O) groups is 1. The van der Waals surface area contributed by atoms with Crippen LogP contribution in [0, 0.1) is 12.8 Å². The van der Waals surface area contributed by atoms with E-state index < -0.39 is 0 Å². The SMILES string of the molecule is CCNCC1CCN(C(=O)c2sc(-c3ccc(Cl)cc3)nc2C)CC1.Cl.Cl. The second-order valence-corrected chi connectivity index (χ2v) is 7.92. The van der Waals surface area contributed by atoms with Crippen molar-refractivity contribution in [2.75, 3.05) is 26.2 Å². The van der Waals surface area contributed by atoms with Crippen molar-refractivity contribution in [3.63, 3.8) is 0 Å². The number of benzene rings is 1. The first-order chi connectivity index (χ1) is 12.1. The number of nitrogens with one attached hydrogen (secondary N) is 1. The molecule has 0 aliphatic carbocycles. The predicted octanol–water partition coefficient (Wildman–Crippen LogP) is 5.08. The van der Waals surface area contributed by atoms with E-state index in [4.69, 9.17) is 11.6 Å². The summed E-state index contributed by atoms with van der Waals surface area (Å²) in [6.45, 7) is 7.78. The summed E-state index contributed by atoms with van der Waals surface area (Å²) >= 11 is 7.43. The van der Waals surface area contributed by atoms with Gasteiger partial charge in [-0.1, -0.05) is 30.7 Å². The average molecular weight is 451 g/mol. The van der Waals surface area contributed by atoms with Crippen LogP contribution in [0.5, 0.6) is 0 Å². The fourth-order valence-corrected chi connectivity index (χ4v) is 4.31. The second kappa shape index (κ2) is 11.2. The summed E-state index contributed by atoms with van der Waals surface area (Å²) < 4.78 is 0. The molecule has 2 aromatic rings. The maximum absolute atomic E-state index is 12.9. The van der Waals surface area contributed by atoms with E-state index in [-0.39, 0.29) is 30.7 Å². The van der Waals surface area contributed by atoms with Crippen molar-refractivity contribution in [1.29, 1.82) is 0 Å². The standard InChI is InChI=1S/C19H24ClN3OS.2ClH/c1-3-21-12-14-8-10-23(11-9-14)19(24)17-13(2)22-18(25-17)15-4-6-16(20)7-5-15;;/h4-7,14,21H,3,8-12H2,1-2H3;2*1H. The van der Waals surface area contributed by atoms with Crippen LogP contribution in [0.2, 0.25) is 5.02 Å². The van der Waals surface area contributed by atoms with E-state index in [1.807, 2.05) is 36.1 Å². The zero-order chi connectivity index (χ0) is 17.8. The van der Waals surface area contributed by atoms with Crippen LogP contribution in [0.4, 0.5) is 0 Å². The molecule has 27 heavy (non-hydrogen) atoms. The number of carbonyl (C=O) groups excluding carboxylic acids is 1. The summed E-state index contributed by atoms with van der Waals surface area (Å²) in [6.07, 6.45) is 2.14. The van der Waals surface area contributed by atoms with Crippen LogP contribution in [-0.2, 0) is 0 Å². The Morgan fingerprint density at radius 2 is 1.89 bits per heavy atom. The van der Waals surface area contributed by atoms with Gasteiger partial charge in [-0.25, -0.2) is 4.98 Å². The maximum atomic E-state index is 12.9. The molecular formula is C19H26Cl3N3OS. The summed E-state index contributed by atoms with van der Waals surface area (Å²) in [5.41, 5.74) is 1.82. The van der Waals surface area contributed by atoms with Gasteiger partial charge in [0.15, 0.2) is 0 Å². The molecule has 0 saturated carbocycles. The van der Waals surface area contributed by atoms with Crippen LogP contribution in [0.25, 0.3) is 10.6 Å². The molecular weight excluding hydrogens is 425 g/mol. The Balaban J connectivity index is 0.00000182. The molecule has 8 heteroatoms. The summed E-state index contributed by atoms with van der Waals surface area (Å²) in [5.74, 6) is 0.799. The van der Waals surface area contributed by atoms with Crippen LogP contribution in [0.3, 0.4) is 0 Å². The van der Waals surface area contributed by atoms with Gasteiger partial charge in [-0.2, -0.15) is 0 Å². The molecule has 150 valence electrons. The second-order valence-electron chi connectivity index (χ2n) is 6.48. The summed E-state index contributed by atoms with van der Waals surface area (Å²) in [7, 11) is 0. The quantitative estimate of drug-likeness (QED) is 0.691. The first kappa shape index (κ1) is 24.2. The lowest BCUT2D eigenvalue weighted by atomic mass is 9.96. The van der Waals surface area contributed by atoms with Gasteiger partial charge in [-0.3, -0.25) is 4.79 Å². The minimum absolute atomic E-state index is 0. The van der Waals surface area contributed by atoms with Gasteiger partial charge >= 0.3 is 0 Å². The van der Waals surface area contributed by atoms with Gasteiger partial charge in [0.25, 0.3) is 5.91 Å². The normalized spacial score (nSPS) is 14.4. The molecule has 1 aromatic heterocycles. The molecule has 1 aromatic carbocycles. The van der Waals surface area contributed by atoms with Crippen LogP contribution >= 0.6 is 47.8 Å². The smallest absolute Gasteiger partial charge is 0.265 e. The molecule has 0 bridgehead atoms. The van der Waals surface area contributed by atoms with Crippen molar-refractivity contribution in [2.24, 2.45) is 5.92 Å². The minimum atomic E-state index is 0. The first-order valence-electron chi connectivity index (χ1n) is 8.81. The fourth-order valence-electron chi connectivity index (χ4n) is 3.14. The van der Waals surface area contributed by atoms with Gasteiger partial charge in [0.1, 0.15) is 9.88 Å². The third kappa shape index (κ3) is 6.06. The molecule has 0 atom stereocenters. The van der Waals surface area contributed by atoms with Crippen molar-refractivity contribution < 1.29 is 4.79 Å². The molecule has 0 radical (unpaired) electrons. The highest BCUT2D eigenvalue weighted by Crippen LogP contribution is 2.30. The van der Waals surface area contributed by atoms with E-state index in [0.717, 1.165) is 60.2 Å². The van der Waals surface area contributed by atoms with Crippen LogP contribution in [-0.4, -0.2) is 42.0 Å². The van der Waals surface area contributed by atoms with Crippen molar-refractivity contribution in [1.82, 2.24) is 15.2 Å². The highest BCUT2D eigenvalue weighted by Gasteiger charge is 2.26. The Labute approximate surface area is 182 Å². The lowest BCUT2D eigenvalue weighted by Gasteiger charge is -2.31. The lowest BCUT2D eigenvalue weighted by Crippen LogP contribution is -2.40. The number of piperidine rings is 1. The zero-order valence-electron chi connectivity index (χ0n) is 15.5. The van der Waals surface area contributed by atoms with Crippen molar-refractivity contribution in [3.8, 4) is 10.6 Å². The minimum Gasteiger partial charge on any atom is -0.338 e. The van der Waals surface area contributed by atoms with Gasteiger partial charge in [0.05, 0.1) is 5.69 Å². The van der Waals surface area contributed by atoms with E-state index >= 15 is 0 Å². The monoisotopic (exact) mass is 449 g/mol. The van der Waals surface area contributed by atoms with Crippen molar-refractivity contribution in [2.45, 2.75) is 26.7 Å². The Bertz CT molecular complexity index is 728. The number of rotatable bonds is 5. The highest BCUT2D eigenvalue weighted by atomic mass is 35.5. The molecule has 2 heterocycles. The number of aryl methyl sites for hydroxylation is 1.